The molecule has 0 saturated carbocycles. The molecule has 5 rings (SSSR count). The summed E-state index contributed by atoms with van der Waals surface area (Å²) in [5, 5.41) is 3.07. The van der Waals surface area contributed by atoms with Gasteiger partial charge in [-0.3, -0.25) is 19.7 Å². The van der Waals surface area contributed by atoms with E-state index in [1.54, 1.807) is 12.4 Å². The van der Waals surface area contributed by atoms with E-state index in [0.717, 1.165) is 33.8 Å². The van der Waals surface area contributed by atoms with Crippen molar-refractivity contribution in [3.63, 3.8) is 0 Å². The summed E-state index contributed by atoms with van der Waals surface area (Å²) in [5.74, 6) is 0.603. The molecule has 168 valence electrons. The zero-order valence-corrected chi connectivity index (χ0v) is 18.6. The average Bonchev–Trinajstić information content (AvgIpc) is 3.30. The number of nitrogens with one attached hydrogen (secondary N) is 2. The Kier molecular flexibility index (Phi) is 6.36. The Labute approximate surface area is 197 Å². The van der Waals surface area contributed by atoms with Crippen molar-refractivity contribution in [2.24, 2.45) is 0 Å². The number of nitrogens with zero attached hydrogens (tertiary/aromatic N) is 4. The topological polar surface area (TPSA) is 86.8 Å². The number of fused-ring (bicyclic) bond motifs is 1. The lowest BCUT2D eigenvalue weighted by Crippen LogP contribution is -2.33. The predicted molar refractivity (Wildman–Crippen MR) is 133 cm³/mol. The van der Waals surface area contributed by atoms with E-state index in [0.29, 0.717) is 18.8 Å². The molecule has 0 bridgehead atoms. The quantitative estimate of drug-likeness (QED) is 0.361. The largest absolute Gasteiger partial charge is 0.338 e. The van der Waals surface area contributed by atoms with Crippen LogP contribution in [-0.2, 0) is 17.9 Å². The fraction of sp³-hybridized carbons (Fsp3) is 0.111. The fourth-order valence-corrected chi connectivity index (χ4v) is 3.88. The van der Waals surface area contributed by atoms with Gasteiger partial charge in [0, 0.05) is 31.0 Å². The Bertz CT molecular complexity index is 1310. The highest BCUT2D eigenvalue weighted by Gasteiger charge is 2.16. The number of aromatic amines is 1. The summed E-state index contributed by atoms with van der Waals surface area (Å²) in [6.07, 6.45) is 3.52. The molecule has 0 aliphatic carbocycles. The molecule has 0 unspecified atom stereocenters. The number of rotatable bonds is 8. The van der Waals surface area contributed by atoms with Gasteiger partial charge < -0.3 is 10.3 Å². The highest BCUT2D eigenvalue weighted by atomic mass is 16.2. The maximum atomic E-state index is 13.1. The maximum absolute atomic E-state index is 13.1. The fourth-order valence-electron chi connectivity index (χ4n) is 3.88. The van der Waals surface area contributed by atoms with Gasteiger partial charge in [0.05, 0.1) is 34.7 Å². The highest BCUT2D eigenvalue weighted by molar-refractivity contribution is 5.96. The van der Waals surface area contributed by atoms with Gasteiger partial charge in [0.2, 0.25) is 5.91 Å². The number of imidazole rings is 1. The van der Waals surface area contributed by atoms with Gasteiger partial charge in [-0.25, -0.2) is 4.98 Å². The van der Waals surface area contributed by atoms with Crippen molar-refractivity contribution in [3.05, 3.63) is 109 Å². The van der Waals surface area contributed by atoms with Gasteiger partial charge in [0.1, 0.15) is 5.82 Å². The molecular weight excluding hydrogens is 424 g/mol. The van der Waals surface area contributed by atoms with E-state index in [-0.39, 0.29) is 12.5 Å². The Hall–Kier alpha value is -4.36. The molecule has 7 heteroatoms. The van der Waals surface area contributed by atoms with E-state index >= 15 is 0 Å². The van der Waals surface area contributed by atoms with Gasteiger partial charge in [-0.05, 0) is 48.5 Å². The van der Waals surface area contributed by atoms with Crippen molar-refractivity contribution in [3.8, 4) is 11.4 Å². The standard InChI is InChI=1S/C27H24N6O/c34-26(19-33(17-20-9-5-7-15-28-20)18-21-10-6-8-16-29-21)30-23-12-2-1-11-22(23)27-31-24-13-3-4-14-25(24)32-27/h1-16H,17-19H2,(H,30,34)(H,31,32). The van der Waals surface area contributed by atoms with E-state index in [2.05, 4.69) is 25.3 Å². The number of benzene rings is 2. The molecule has 3 aromatic heterocycles. The van der Waals surface area contributed by atoms with Crippen molar-refractivity contribution < 1.29 is 4.79 Å². The number of para-hydroxylation sites is 3. The first-order chi connectivity index (χ1) is 16.7. The monoisotopic (exact) mass is 448 g/mol. The van der Waals surface area contributed by atoms with Crippen LogP contribution < -0.4 is 5.32 Å². The molecule has 0 fully saturated rings. The van der Waals surface area contributed by atoms with Crippen molar-refractivity contribution in [1.82, 2.24) is 24.8 Å². The molecule has 0 aliphatic rings. The lowest BCUT2D eigenvalue weighted by atomic mass is 10.1. The first kappa shape index (κ1) is 21.5. The van der Waals surface area contributed by atoms with Gasteiger partial charge in [0.25, 0.3) is 0 Å². The van der Waals surface area contributed by atoms with Gasteiger partial charge in [-0.2, -0.15) is 0 Å². The van der Waals surface area contributed by atoms with Crippen LogP contribution in [0.4, 0.5) is 5.69 Å². The van der Waals surface area contributed by atoms with Crippen LogP contribution in [0.5, 0.6) is 0 Å². The minimum atomic E-state index is -0.115. The van der Waals surface area contributed by atoms with Crippen LogP contribution in [0.1, 0.15) is 11.4 Å². The molecule has 0 aliphatic heterocycles. The van der Waals surface area contributed by atoms with Crippen molar-refractivity contribution in [2.75, 3.05) is 11.9 Å². The minimum absolute atomic E-state index is 0.115. The Balaban J connectivity index is 1.35. The molecule has 0 radical (unpaired) electrons. The summed E-state index contributed by atoms with van der Waals surface area (Å²) in [6.45, 7) is 1.27. The van der Waals surface area contributed by atoms with E-state index < -0.39 is 0 Å². The number of carbonyl (C=O) groups excluding carboxylic acids is 1. The van der Waals surface area contributed by atoms with Crippen LogP contribution in [0.3, 0.4) is 0 Å². The van der Waals surface area contributed by atoms with Crippen LogP contribution >= 0.6 is 0 Å². The first-order valence-corrected chi connectivity index (χ1v) is 11.1. The summed E-state index contributed by atoms with van der Waals surface area (Å²) < 4.78 is 0. The molecule has 2 N–H and O–H groups in total. The third kappa shape index (κ3) is 5.16. The molecule has 2 aromatic carbocycles. The Morgan fingerprint density at radius 1 is 0.794 bits per heavy atom. The molecule has 5 aromatic rings. The predicted octanol–water partition coefficient (Wildman–Crippen LogP) is 4.66. The smallest absolute Gasteiger partial charge is 0.238 e. The molecular formula is C27H24N6O. The van der Waals surface area contributed by atoms with Crippen LogP contribution in [0.15, 0.2) is 97.3 Å². The number of carbonyl (C=O) groups is 1. The van der Waals surface area contributed by atoms with Crippen LogP contribution in [-0.4, -0.2) is 37.3 Å². The van der Waals surface area contributed by atoms with E-state index in [1.165, 1.54) is 0 Å². The summed E-state index contributed by atoms with van der Waals surface area (Å²) in [7, 11) is 0. The number of hydrogen-bond acceptors (Lipinski definition) is 5. The van der Waals surface area contributed by atoms with Gasteiger partial charge >= 0.3 is 0 Å². The summed E-state index contributed by atoms with van der Waals surface area (Å²) in [5.41, 5.74) is 5.18. The molecule has 34 heavy (non-hydrogen) atoms. The van der Waals surface area contributed by atoms with Crippen LogP contribution in [0.2, 0.25) is 0 Å². The summed E-state index contributed by atoms with van der Waals surface area (Å²) in [4.78, 5) is 32.0. The first-order valence-electron chi connectivity index (χ1n) is 11.1. The van der Waals surface area contributed by atoms with Gasteiger partial charge in [-0.1, -0.05) is 36.4 Å². The number of amides is 1. The molecule has 0 spiro atoms. The Morgan fingerprint density at radius 3 is 2.12 bits per heavy atom. The van der Waals surface area contributed by atoms with E-state index in [1.807, 2.05) is 89.8 Å². The lowest BCUT2D eigenvalue weighted by molar-refractivity contribution is -0.117. The van der Waals surface area contributed by atoms with E-state index in [4.69, 9.17) is 0 Å². The second-order valence-electron chi connectivity index (χ2n) is 7.98. The Morgan fingerprint density at radius 2 is 1.44 bits per heavy atom. The normalized spacial score (nSPS) is 11.1. The van der Waals surface area contributed by atoms with Crippen molar-refractivity contribution in [2.45, 2.75) is 13.1 Å². The molecule has 3 heterocycles. The lowest BCUT2D eigenvalue weighted by Gasteiger charge is -2.21. The number of H-pyrrole nitrogens is 1. The number of hydrogen-bond donors (Lipinski definition) is 2. The van der Waals surface area contributed by atoms with Crippen molar-refractivity contribution >= 4 is 22.6 Å². The second-order valence-corrected chi connectivity index (χ2v) is 7.98. The van der Waals surface area contributed by atoms with Gasteiger partial charge in [0.15, 0.2) is 0 Å². The molecule has 7 nitrogen and oxygen atoms in total. The van der Waals surface area contributed by atoms with E-state index in [9.17, 15) is 4.79 Å². The van der Waals surface area contributed by atoms with Crippen LogP contribution in [0.25, 0.3) is 22.4 Å². The SMILES string of the molecule is O=C(CN(Cc1ccccn1)Cc1ccccn1)Nc1ccccc1-c1nc2ccccc2[nH]1. The third-order valence-corrected chi connectivity index (χ3v) is 5.44. The summed E-state index contributed by atoms with van der Waals surface area (Å²) in [6, 6.07) is 27.1. The molecule has 0 atom stereocenters. The molecule has 0 saturated heterocycles. The number of anilines is 1. The van der Waals surface area contributed by atoms with Crippen molar-refractivity contribution in [1.29, 1.82) is 0 Å². The number of aromatic nitrogens is 4. The zero-order chi connectivity index (χ0) is 23.2. The second kappa shape index (κ2) is 10.1. The molecule has 1 amide bonds. The summed E-state index contributed by atoms with van der Waals surface area (Å²) >= 11 is 0. The highest BCUT2D eigenvalue weighted by Crippen LogP contribution is 2.27. The zero-order valence-electron chi connectivity index (χ0n) is 18.6. The van der Waals surface area contributed by atoms with Crippen LogP contribution in [0, 0.1) is 0 Å². The van der Waals surface area contributed by atoms with Gasteiger partial charge in [-0.15, -0.1) is 0 Å². The number of pyridine rings is 2. The third-order valence-electron chi connectivity index (χ3n) is 5.44. The minimum Gasteiger partial charge on any atom is -0.338 e. The maximum Gasteiger partial charge on any atom is 0.238 e. The average molecular weight is 449 g/mol.